The van der Waals surface area contributed by atoms with Crippen LogP contribution in [0.5, 0.6) is 23.0 Å². The summed E-state index contributed by atoms with van der Waals surface area (Å²) in [6.07, 6.45) is -16.7. The molecular weight excluding hydrogens is 628 g/mol. The summed E-state index contributed by atoms with van der Waals surface area (Å²) >= 11 is 0. The van der Waals surface area contributed by atoms with Crippen LogP contribution in [0.15, 0.2) is 36.4 Å². The first kappa shape index (κ1) is 36.1. The summed E-state index contributed by atoms with van der Waals surface area (Å²) < 4.78 is 26.8. The number of hydrogen-bond acceptors (Lipinski definition) is 14. The first-order valence-electron chi connectivity index (χ1n) is 14.8. The third-order valence-electron chi connectivity index (χ3n) is 8.45. The molecule has 47 heavy (non-hydrogen) atoms. The van der Waals surface area contributed by atoms with Gasteiger partial charge in [-0.2, -0.15) is 0 Å². The van der Waals surface area contributed by atoms with Gasteiger partial charge in [0.25, 0.3) is 0 Å². The molecule has 16 nitrogen and oxygen atoms in total. The fourth-order valence-electron chi connectivity index (χ4n) is 5.42. The standard InChI is InChI=1S/C31H40O16/c1-12(8-14-4-6-17(16(32)10-14)44-30-24(37)20(33)22(35)26(46-30)28(39)40)13(2)9-15-5-7-18(19(11-15)43-3)45-31-25(38)21(34)23(36)27(47-31)29(41)42/h4-7,10-13,20-27,30-38H,8-9H2,1-3H3,(H,39,40)(H,41,42)/t12-,13+,20+,21+,22+,23+,24-,25-,26+,27+,30-,31-/m1/s1. The average Bonchev–Trinajstić information content (AvgIpc) is 3.02. The summed E-state index contributed by atoms with van der Waals surface area (Å²) in [6.45, 7) is 4.05. The van der Waals surface area contributed by atoms with Crippen molar-refractivity contribution in [2.45, 2.75) is 88.1 Å². The highest BCUT2D eigenvalue weighted by Crippen LogP contribution is 2.35. The van der Waals surface area contributed by atoms with Gasteiger partial charge >= 0.3 is 11.9 Å². The molecule has 12 atom stereocenters. The van der Waals surface area contributed by atoms with Crippen molar-refractivity contribution in [1.29, 1.82) is 0 Å². The predicted octanol–water partition coefficient (Wildman–Crippen LogP) is -1.000. The first-order chi connectivity index (χ1) is 22.1. The molecule has 16 heteroatoms. The van der Waals surface area contributed by atoms with Crippen molar-refractivity contribution in [3.8, 4) is 23.0 Å². The zero-order valence-corrected chi connectivity index (χ0v) is 25.7. The third-order valence-corrected chi connectivity index (χ3v) is 8.45. The van der Waals surface area contributed by atoms with Crippen LogP contribution < -0.4 is 14.2 Å². The average molecular weight is 669 g/mol. The quantitative estimate of drug-likeness (QED) is 0.131. The fraction of sp³-hybridized carbons (Fsp3) is 0.548. The van der Waals surface area contributed by atoms with E-state index in [1.54, 1.807) is 24.3 Å². The number of aliphatic hydroxyl groups is 6. The van der Waals surface area contributed by atoms with Crippen LogP contribution in [0.1, 0.15) is 25.0 Å². The van der Waals surface area contributed by atoms with Crippen LogP contribution >= 0.6 is 0 Å². The monoisotopic (exact) mass is 668 g/mol. The lowest BCUT2D eigenvalue weighted by Crippen LogP contribution is -2.61. The summed E-state index contributed by atoms with van der Waals surface area (Å²) in [5.74, 6) is -2.97. The second kappa shape index (κ2) is 15.0. The van der Waals surface area contributed by atoms with Gasteiger partial charge in [-0.3, -0.25) is 0 Å². The van der Waals surface area contributed by atoms with Gasteiger partial charge < -0.3 is 69.6 Å². The van der Waals surface area contributed by atoms with Gasteiger partial charge in [-0.1, -0.05) is 26.0 Å². The van der Waals surface area contributed by atoms with Gasteiger partial charge in [-0.05, 0) is 60.1 Å². The maximum Gasteiger partial charge on any atom is 0.335 e. The third kappa shape index (κ3) is 8.05. The lowest BCUT2D eigenvalue weighted by Gasteiger charge is -2.38. The molecule has 2 aromatic carbocycles. The van der Waals surface area contributed by atoms with Gasteiger partial charge in [0.2, 0.25) is 12.6 Å². The maximum absolute atomic E-state index is 11.4. The molecule has 0 spiro atoms. The molecule has 0 amide bonds. The van der Waals surface area contributed by atoms with Crippen LogP contribution in [0.4, 0.5) is 0 Å². The van der Waals surface area contributed by atoms with E-state index in [-0.39, 0.29) is 34.8 Å². The van der Waals surface area contributed by atoms with Crippen molar-refractivity contribution >= 4 is 11.9 Å². The van der Waals surface area contributed by atoms with Gasteiger partial charge in [-0.25, -0.2) is 9.59 Å². The number of phenols is 1. The predicted molar refractivity (Wildman–Crippen MR) is 157 cm³/mol. The Morgan fingerprint density at radius 2 is 1.09 bits per heavy atom. The summed E-state index contributed by atoms with van der Waals surface area (Å²) in [6, 6.07) is 9.56. The fourth-order valence-corrected chi connectivity index (χ4v) is 5.42. The van der Waals surface area contributed by atoms with Crippen molar-refractivity contribution in [2.24, 2.45) is 11.8 Å². The molecule has 2 aliphatic heterocycles. The van der Waals surface area contributed by atoms with Gasteiger partial charge in [0.15, 0.2) is 35.2 Å². The number of aromatic hydroxyl groups is 1. The van der Waals surface area contributed by atoms with E-state index in [4.69, 9.17) is 23.7 Å². The van der Waals surface area contributed by atoms with E-state index in [0.29, 0.717) is 12.8 Å². The molecule has 0 aromatic heterocycles. The Hall–Kier alpha value is -3.74. The van der Waals surface area contributed by atoms with E-state index in [1.807, 2.05) is 13.8 Å². The number of hydrogen-bond donors (Lipinski definition) is 9. The Bertz CT molecular complexity index is 1400. The Morgan fingerprint density at radius 1 is 0.660 bits per heavy atom. The Balaban J connectivity index is 1.37. The highest BCUT2D eigenvalue weighted by Gasteiger charge is 2.49. The smallest absolute Gasteiger partial charge is 0.335 e. The highest BCUT2D eigenvalue weighted by molar-refractivity contribution is 5.74. The van der Waals surface area contributed by atoms with Crippen LogP contribution in [-0.2, 0) is 31.9 Å². The van der Waals surface area contributed by atoms with E-state index in [1.165, 1.54) is 19.2 Å². The molecule has 2 saturated heterocycles. The minimum atomic E-state index is -1.88. The number of carbonyl (C=O) groups is 2. The molecule has 0 bridgehead atoms. The number of rotatable bonds is 12. The second-order valence-corrected chi connectivity index (χ2v) is 11.9. The number of aliphatic carboxylic acids is 2. The molecule has 4 rings (SSSR count). The number of carboxylic acids is 2. The zero-order chi connectivity index (χ0) is 34.7. The minimum Gasteiger partial charge on any atom is -0.504 e. The van der Waals surface area contributed by atoms with Gasteiger partial charge in [0.1, 0.15) is 36.6 Å². The Kier molecular flexibility index (Phi) is 11.5. The SMILES string of the molecule is COc1cc(C[C@H](C)[C@H](C)Cc2ccc(O[C@@H]3O[C@H](C(=O)O)[C@@H](O)[C@H](O)[C@H]3O)c(O)c2)ccc1O[C@@H]1O[C@H](C(=O)O)[C@@H](O)[C@H](O)[C@H]1O. The second-order valence-electron chi connectivity index (χ2n) is 11.9. The number of aliphatic hydroxyl groups excluding tert-OH is 6. The molecule has 0 aliphatic carbocycles. The van der Waals surface area contributed by atoms with E-state index >= 15 is 0 Å². The van der Waals surface area contributed by atoms with Crippen LogP contribution in [-0.4, -0.2) is 126 Å². The van der Waals surface area contributed by atoms with Crippen molar-refractivity contribution in [1.82, 2.24) is 0 Å². The highest BCUT2D eigenvalue weighted by atomic mass is 16.7. The minimum absolute atomic E-state index is 0.0891. The largest absolute Gasteiger partial charge is 0.504 e. The number of benzene rings is 2. The number of methoxy groups -OCH3 is 1. The van der Waals surface area contributed by atoms with Crippen LogP contribution in [0.25, 0.3) is 0 Å². The summed E-state index contributed by atoms with van der Waals surface area (Å²) in [5, 5.41) is 89.3. The zero-order valence-electron chi connectivity index (χ0n) is 25.7. The lowest BCUT2D eigenvalue weighted by atomic mass is 9.85. The van der Waals surface area contributed by atoms with Crippen LogP contribution in [0, 0.1) is 11.8 Å². The van der Waals surface area contributed by atoms with E-state index in [9.17, 15) is 55.5 Å². The molecule has 0 radical (unpaired) electrons. The molecule has 2 heterocycles. The maximum atomic E-state index is 11.4. The molecule has 9 N–H and O–H groups in total. The molecule has 2 fully saturated rings. The van der Waals surface area contributed by atoms with Gasteiger partial charge in [-0.15, -0.1) is 0 Å². The number of ether oxygens (including phenoxy) is 5. The van der Waals surface area contributed by atoms with Crippen molar-refractivity contribution < 1.29 is 79.2 Å². The Morgan fingerprint density at radius 3 is 1.51 bits per heavy atom. The first-order valence-corrected chi connectivity index (χ1v) is 14.8. The lowest BCUT2D eigenvalue weighted by molar-refractivity contribution is -0.271. The topological polar surface area (TPSA) is 262 Å². The van der Waals surface area contributed by atoms with E-state index in [2.05, 4.69) is 0 Å². The molecular formula is C31H40O16. The molecule has 0 saturated carbocycles. The van der Waals surface area contributed by atoms with Gasteiger partial charge in [0, 0.05) is 0 Å². The summed E-state index contributed by atoms with van der Waals surface area (Å²) in [5.41, 5.74) is 1.61. The van der Waals surface area contributed by atoms with E-state index < -0.39 is 73.4 Å². The number of phenolic OH excluding ortho intramolecular Hbond substituents is 1. The molecule has 2 aliphatic rings. The van der Waals surface area contributed by atoms with Crippen LogP contribution in [0.3, 0.4) is 0 Å². The normalized spacial score (nSPS) is 32.2. The van der Waals surface area contributed by atoms with Crippen LogP contribution in [0.2, 0.25) is 0 Å². The Labute approximate surface area is 268 Å². The summed E-state index contributed by atoms with van der Waals surface area (Å²) in [4.78, 5) is 22.7. The molecule has 2 aromatic rings. The van der Waals surface area contributed by atoms with Crippen molar-refractivity contribution in [3.63, 3.8) is 0 Å². The van der Waals surface area contributed by atoms with Crippen molar-refractivity contribution in [3.05, 3.63) is 47.5 Å². The van der Waals surface area contributed by atoms with Gasteiger partial charge in [0.05, 0.1) is 7.11 Å². The molecule has 0 unspecified atom stereocenters. The van der Waals surface area contributed by atoms with Crippen molar-refractivity contribution in [2.75, 3.05) is 7.11 Å². The van der Waals surface area contributed by atoms with E-state index in [0.717, 1.165) is 11.1 Å². The summed E-state index contributed by atoms with van der Waals surface area (Å²) in [7, 11) is 1.39. The number of carboxylic acid groups (broad SMARTS) is 2. The molecule has 260 valence electrons.